The van der Waals surface area contributed by atoms with E-state index in [1.165, 1.54) is 19.2 Å². The van der Waals surface area contributed by atoms with Crippen molar-refractivity contribution in [1.29, 1.82) is 0 Å². The molecule has 2 rings (SSSR count). The Kier molecular flexibility index (Phi) is 5.39. The van der Waals surface area contributed by atoms with Crippen molar-refractivity contribution in [3.8, 4) is 5.75 Å². The zero-order valence-corrected chi connectivity index (χ0v) is 13.9. The summed E-state index contributed by atoms with van der Waals surface area (Å²) in [7, 11) is -1.95. The highest BCUT2D eigenvalue weighted by atomic mass is 32.2. The van der Waals surface area contributed by atoms with E-state index in [2.05, 4.69) is 5.32 Å². The van der Waals surface area contributed by atoms with E-state index in [1.54, 1.807) is 30.3 Å². The Morgan fingerprint density at radius 3 is 2.48 bits per heavy atom. The summed E-state index contributed by atoms with van der Waals surface area (Å²) in [6.07, 6.45) is -0.117. The molecule has 5 nitrogen and oxygen atoms in total. The van der Waals surface area contributed by atoms with Crippen LogP contribution in [-0.2, 0) is 14.6 Å². The van der Waals surface area contributed by atoms with Crippen LogP contribution in [-0.4, -0.2) is 27.2 Å². The predicted octanol–water partition coefficient (Wildman–Crippen LogP) is 2.81. The average Bonchev–Trinajstić information content (AvgIpc) is 2.54. The summed E-state index contributed by atoms with van der Waals surface area (Å²) in [6.45, 7) is 1.90. The minimum absolute atomic E-state index is 0.117. The van der Waals surface area contributed by atoms with Crippen LogP contribution in [0.3, 0.4) is 0 Å². The molecule has 0 unspecified atom stereocenters. The van der Waals surface area contributed by atoms with Crippen LogP contribution in [0.5, 0.6) is 5.75 Å². The van der Waals surface area contributed by atoms with Gasteiger partial charge >= 0.3 is 0 Å². The van der Waals surface area contributed by atoms with E-state index >= 15 is 0 Å². The van der Waals surface area contributed by atoms with E-state index in [0.717, 1.165) is 5.56 Å². The molecule has 1 amide bonds. The van der Waals surface area contributed by atoms with Crippen LogP contribution < -0.4 is 10.1 Å². The molecule has 0 aliphatic carbocycles. The molecule has 23 heavy (non-hydrogen) atoms. The van der Waals surface area contributed by atoms with Crippen LogP contribution in [0.2, 0.25) is 0 Å². The molecule has 0 aliphatic heterocycles. The Morgan fingerprint density at radius 1 is 1.13 bits per heavy atom. The molecule has 0 spiro atoms. The van der Waals surface area contributed by atoms with Gasteiger partial charge in [-0.15, -0.1) is 0 Å². The number of aryl methyl sites for hydroxylation is 1. The summed E-state index contributed by atoms with van der Waals surface area (Å²) in [5.74, 6) is -0.0694. The van der Waals surface area contributed by atoms with Gasteiger partial charge < -0.3 is 10.1 Å². The molecule has 0 saturated carbocycles. The molecular formula is C17H19NO4S. The molecular weight excluding hydrogens is 314 g/mol. The van der Waals surface area contributed by atoms with Crippen molar-refractivity contribution in [1.82, 2.24) is 0 Å². The second-order valence-electron chi connectivity index (χ2n) is 5.13. The highest BCUT2D eigenvalue weighted by Crippen LogP contribution is 2.25. The number of amides is 1. The number of benzene rings is 2. The fourth-order valence-corrected chi connectivity index (χ4v) is 3.37. The van der Waals surface area contributed by atoms with Crippen LogP contribution in [0, 0.1) is 6.92 Å². The molecule has 0 atom stereocenters. The number of hydrogen-bond donors (Lipinski definition) is 1. The number of rotatable bonds is 6. The monoisotopic (exact) mass is 333 g/mol. The molecule has 0 bridgehead atoms. The van der Waals surface area contributed by atoms with Crippen molar-refractivity contribution in [2.75, 3.05) is 18.2 Å². The molecule has 0 saturated heterocycles. The molecule has 2 aromatic carbocycles. The van der Waals surface area contributed by atoms with Crippen molar-refractivity contribution >= 4 is 21.4 Å². The van der Waals surface area contributed by atoms with Gasteiger partial charge in [-0.3, -0.25) is 4.79 Å². The first-order chi connectivity index (χ1) is 10.9. The number of carbonyl (C=O) groups is 1. The van der Waals surface area contributed by atoms with Gasteiger partial charge in [0.05, 0.1) is 23.4 Å². The van der Waals surface area contributed by atoms with Crippen LogP contribution in [0.4, 0.5) is 5.69 Å². The predicted molar refractivity (Wildman–Crippen MR) is 89.5 cm³/mol. The highest BCUT2D eigenvalue weighted by Gasteiger charge is 2.16. The Balaban J connectivity index is 2.02. The molecule has 122 valence electrons. The maximum Gasteiger partial charge on any atom is 0.225 e. The first kappa shape index (κ1) is 17.0. The van der Waals surface area contributed by atoms with Crippen molar-refractivity contribution in [2.24, 2.45) is 0 Å². The van der Waals surface area contributed by atoms with Crippen molar-refractivity contribution in [2.45, 2.75) is 18.2 Å². The van der Waals surface area contributed by atoms with E-state index in [9.17, 15) is 13.2 Å². The van der Waals surface area contributed by atoms with Gasteiger partial charge in [-0.2, -0.15) is 0 Å². The summed E-state index contributed by atoms with van der Waals surface area (Å²) in [4.78, 5) is 12.3. The number of nitrogens with one attached hydrogen (secondary N) is 1. The molecule has 0 radical (unpaired) electrons. The zero-order chi connectivity index (χ0) is 16.9. The van der Waals surface area contributed by atoms with Crippen molar-refractivity contribution in [3.63, 3.8) is 0 Å². The van der Waals surface area contributed by atoms with Crippen LogP contribution in [0.15, 0.2) is 53.4 Å². The average molecular weight is 333 g/mol. The Bertz CT molecular complexity index is 785. The molecule has 0 aliphatic rings. The standard InChI is InChI=1S/C17H19NO4S/c1-13-8-9-16(22-2)15(12-13)18-17(19)10-11-23(20,21)14-6-4-3-5-7-14/h3-9,12H,10-11H2,1-2H3,(H,18,19). The van der Waals surface area contributed by atoms with Gasteiger partial charge in [0.25, 0.3) is 0 Å². The quantitative estimate of drug-likeness (QED) is 0.882. The largest absolute Gasteiger partial charge is 0.495 e. The third kappa shape index (κ3) is 4.56. The molecule has 1 N–H and O–H groups in total. The van der Waals surface area contributed by atoms with Crippen LogP contribution in [0.25, 0.3) is 0 Å². The molecule has 0 heterocycles. The molecule has 0 fully saturated rings. The second kappa shape index (κ2) is 7.28. The normalized spacial score (nSPS) is 11.0. The summed E-state index contributed by atoms with van der Waals surface area (Å²) in [5.41, 5.74) is 1.51. The summed E-state index contributed by atoms with van der Waals surface area (Å²) in [5, 5.41) is 2.70. The van der Waals surface area contributed by atoms with Crippen LogP contribution in [0.1, 0.15) is 12.0 Å². The lowest BCUT2D eigenvalue weighted by atomic mass is 10.2. The lowest BCUT2D eigenvalue weighted by molar-refractivity contribution is -0.115. The minimum atomic E-state index is -3.46. The van der Waals surface area contributed by atoms with Gasteiger partial charge in [0, 0.05) is 6.42 Å². The van der Waals surface area contributed by atoms with E-state index < -0.39 is 9.84 Å². The Labute approximate surface area is 136 Å². The molecule has 6 heteroatoms. The van der Waals surface area contributed by atoms with Crippen molar-refractivity contribution < 1.29 is 17.9 Å². The van der Waals surface area contributed by atoms with Gasteiger partial charge in [-0.05, 0) is 36.8 Å². The summed E-state index contributed by atoms with van der Waals surface area (Å²) < 4.78 is 29.5. The van der Waals surface area contributed by atoms with E-state index in [-0.39, 0.29) is 23.0 Å². The lowest BCUT2D eigenvalue weighted by Crippen LogP contribution is -2.17. The summed E-state index contributed by atoms with van der Waals surface area (Å²) >= 11 is 0. The number of methoxy groups -OCH3 is 1. The van der Waals surface area contributed by atoms with Gasteiger partial charge in [0.2, 0.25) is 5.91 Å². The second-order valence-corrected chi connectivity index (χ2v) is 7.24. The first-order valence-electron chi connectivity index (χ1n) is 7.14. The first-order valence-corrected chi connectivity index (χ1v) is 8.80. The van der Waals surface area contributed by atoms with Gasteiger partial charge in [0.15, 0.2) is 9.84 Å². The van der Waals surface area contributed by atoms with Gasteiger partial charge in [0.1, 0.15) is 5.75 Å². The molecule has 2 aromatic rings. The zero-order valence-electron chi connectivity index (χ0n) is 13.1. The van der Waals surface area contributed by atoms with E-state index in [1.807, 2.05) is 13.0 Å². The number of sulfone groups is 1. The third-order valence-electron chi connectivity index (χ3n) is 3.33. The molecule has 0 aromatic heterocycles. The number of hydrogen-bond acceptors (Lipinski definition) is 4. The topological polar surface area (TPSA) is 72.5 Å². The van der Waals surface area contributed by atoms with Crippen molar-refractivity contribution in [3.05, 3.63) is 54.1 Å². The SMILES string of the molecule is COc1ccc(C)cc1NC(=O)CCS(=O)(=O)c1ccccc1. The fraction of sp³-hybridized carbons (Fsp3) is 0.235. The summed E-state index contributed by atoms with van der Waals surface area (Å²) in [6, 6.07) is 13.5. The highest BCUT2D eigenvalue weighted by molar-refractivity contribution is 7.91. The van der Waals surface area contributed by atoms with E-state index in [4.69, 9.17) is 4.74 Å². The number of ether oxygens (including phenoxy) is 1. The van der Waals surface area contributed by atoms with Gasteiger partial charge in [-0.1, -0.05) is 24.3 Å². The minimum Gasteiger partial charge on any atom is -0.495 e. The third-order valence-corrected chi connectivity index (χ3v) is 5.06. The Hall–Kier alpha value is -2.34. The Morgan fingerprint density at radius 2 is 1.83 bits per heavy atom. The lowest BCUT2D eigenvalue weighted by Gasteiger charge is -2.11. The maximum atomic E-state index is 12.2. The van der Waals surface area contributed by atoms with E-state index in [0.29, 0.717) is 11.4 Å². The fourth-order valence-electron chi connectivity index (χ4n) is 2.10. The van der Waals surface area contributed by atoms with Crippen LogP contribution >= 0.6 is 0 Å². The number of carbonyl (C=O) groups excluding carboxylic acids is 1. The smallest absolute Gasteiger partial charge is 0.225 e. The number of anilines is 1. The maximum absolute atomic E-state index is 12.2. The van der Waals surface area contributed by atoms with Gasteiger partial charge in [-0.25, -0.2) is 8.42 Å².